The Morgan fingerprint density at radius 2 is 1.84 bits per heavy atom. The van der Waals surface area contributed by atoms with Crippen molar-refractivity contribution in [3.05, 3.63) is 59.7 Å². The van der Waals surface area contributed by atoms with Crippen LogP contribution in [0.1, 0.15) is 28.8 Å². The van der Waals surface area contributed by atoms with Crippen LogP contribution >= 0.6 is 0 Å². The van der Waals surface area contributed by atoms with Gasteiger partial charge in [-0.25, -0.2) is 5.43 Å². The Kier molecular flexibility index (Phi) is 10.6. The van der Waals surface area contributed by atoms with Crippen LogP contribution in [0.5, 0.6) is 5.75 Å². The second-order valence-electron chi connectivity index (χ2n) is 6.52. The molecule has 0 aromatic heterocycles. The molecule has 0 atom stereocenters. The molecular formula is C22H28N4O5. The SMILES string of the molecule is O=C(CCCNc1ccc(C(=O)NN=Cc2cccc(OCCO)c2)cc1)NCCO. The molecule has 9 nitrogen and oxygen atoms in total. The lowest BCUT2D eigenvalue weighted by Gasteiger charge is -2.07. The van der Waals surface area contributed by atoms with Crippen LogP contribution in [0.15, 0.2) is 53.6 Å². The van der Waals surface area contributed by atoms with Gasteiger partial charge in [-0.1, -0.05) is 12.1 Å². The molecule has 0 aliphatic carbocycles. The Morgan fingerprint density at radius 1 is 1.03 bits per heavy atom. The Hall–Kier alpha value is -3.43. The van der Waals surface area contributed by atoms with Crippen LogP contribution in [0.2, 0.25) is 0 Å². The zero-order valence-corrected chi connectivity index (χ0v) is 17.2. The van der Waals surface area contributed by atoms with Crippen molar-refractivity contribution in [3.8, 4) is 5.75 Å². The minimum absolute atomic E-state index is 0.0642. The smallest absolute Gasteiger partial charge is 0.271 e. The maximum atomic E-state index is 12.2. The molecule has 166 valence electrons. The highest BCUT2D eigenvalue weighted by molar-refractivity contribution is 5.95. The number of hydrogen-bond donors (Lipinski definition) is 5. The van der Waals surface area contributed by atoms with Crippen LogP contribution in [0.3, 0.4) is 0 Å². The Labute approximate surface area is 181 Å². The van der Waals surface area contributed by atoms with Gasteiger partial charge in [-0.2, -0.15) is 5.10 Å². The van der Waals surface area contributed by atoms with Gasteiger partial charge >= 0.3 is 0 Å². The molecule has 0 saturated carbocycles. The number of hydrazone groups is 1. The summed E-state index contributed by atoms with van der Waals surface area (Å²) in [5.74, 6) is 0.182. The number of amides is 2. The van der Waals surface area contributed by atoms with Gasteiger partial charge in [-0.3, -0.25) is 9.59 Å². The van der Waals surface area contributed by atoms with Crippen molar-refractivity contribution in [2.45, 2.75) is 12.8 Å². The Bertz CT molecular complexity index is 855. The molecule has 31 heavy (non-hydrogen) atoms. The van der Waals surface area contributed by atoms with E-state index in [9.17, 15) is 9.59 Å². The van der Waals surface area contributed by atoms with E-state index in [0.29, 0.717) is 30.7 Å². The molecule has 0 aliphatic heterocycles. The van der Waals surface area contributed by atoms with Crippen molar-refractivity contribution in [3.63, 3.8) is 0 Å². The van der Waals surface area contributed by atoms with Crippen LogP contribution in [0, 0.1) is 0 Å². The molecule has 0 saturated heterocycles. The summed E-state index contributed by atoms with van der Waals surface area (Å²) in [4.78, 5) is 23.7. The van der Waals surface area contributed by atoms with Gasteiger partial charge in [0.05, 0.1) is 19.4 Å². The van der Waals surface area contributed by atoms with Gasteiger partial charge in [0.2, 0.25) is 5.91 Å². The number of anilines is 1. The molecule has 0 aliphatic rings. The number of rotatable bonds is 13. The molecule has 0 spiro atoms. The van der Waals surface area contributed by atoms with E-state index in [0.717, 1.165) is 11.3 Å². The van der Waals surface area contributed by atoms with Gasteiger partial charge in [0.25, 0.3) is 5.91 Å². The van der Waals surface area contributed by atoms with Gasteiger partial charge in [0, 0.05) is 30.8 Å². The van der Waals surface area contributed by atoms with Gasteiger partial charge in [0.1, 0.15) is 12.4 Å². The van der Waals surface area contributed by atoms with E-state index in [4.69, 9.17) is 14.9 Å². The largest absolute Gasteiger partial charge is 0.491 e. The predicted molar refractivity (Wildman–Crippen MR) is 118 cm³/mol. The highest BCUT2D eigenvalue weighted by Gasteiger charge is 2.04. The number of benzene rings is 2. The quantitative estimate of drug-likeness (QED) is 0.185. The molecule has 0 fully saturated rings. The summed E-state index contributed by atoms with van der Waals surface area (Å²) < 4.78 is 5.33. The molecule has 2 rings (SSSR count). The number of nitrogens with zero attached hydrogens (tertiary/aromatic N) is 1. The van der Waals surface area contributed by atoms with Crippen LogP contribution < -0.4 is 20.8 Å². The van der Waals surface area contributed by atoms with E-state index in [1.807, 2.05) is 6.07 Å². The van der Waals surface area contributed by atoms with Crippen molar-refractivity contribution < 1.29 is 24.5 Å². The third-order valence-electron chi connectivity index (χ3n) is 4.09. The maximum absolute atomic E-state index is 12.2. The average molecular weight is 428 g/mol. The molecular weight excluding hydrogens is 400 g/mol. The van der Waals surface area contributed by atoms with E-state index >= 15 is 0 Å². The first kappa shape index (κ1) is 23.8. The van der Waals surface area contributed by atoms with E-state index in [-0.39, 0.29) is 38.2 Å². The second kappa shape index (κ2) is 13.7. The summed E-state index contributed by atoms with van der Waals surface area (Å²) in [5.41, 5.74) is 4.54. The highest BCUT2D eigenvalue weighted by atomic mass is 16.5. The fourth-order valence-electron chi connectivity index (χ4n) is 2.58. The van der Waals surface area contributed by atoms with E-state index in [1.54, 1.807) is 42.5 Å². The monoisotopic (exact) mass is 428 g/mol. The molecule has 5 N–H and O–H groups in total. The lowest BCUT2D eigenvalue weighted by Crippen LogP contribution is -2.26. The number of hydrogen-bond acceptors (Lipinski definition) is 7. The first-order valence-electron chi connectivity index (χ1n) is 10.0. The Morgan fingerprint density at radius 3 is 2.58 bits per heavy atom. The Balaban J connectivity index is 1.75. The van der Waals surface area contributed by atoms with Gasteiger partial charge in [0.15, 0.2) is 0 Å². The minimum atomic E-state index is -0.337. The fourth-order valence-corrected chi connectivity index (χ4v) is 2.58. The molecule has 2 aromatic carbocycles. The van der Waals surface area contributed by atoms with Crippen LogP contribution in [0.25, 0.3) is 0 Å². The zero-order chi connectivity index (χ0) is 22.3. The number of aliphatic hydroxyl groups excluding tert-OH is 2. The lowest BCUT2D eigenvalue weighted by atomic mass is 10.2. The van der Waals surface area contributed by atoms with Gasteiger partial charge < -0.3 is 25.6 Å². The summed E-state index contributed by atoms with van der Waals surface area (Å²) in [6.07, 6.45) is 2.54. The summed E-state index contributed by atoms with van der Waals surface area (Å²) >= 11 is 0. The summed E-state index contributed by atoms with van der Waals surface area (Å²) in [6.45, 7) is 0.963. The number of nitrogens with one attached hydrogen (secondary N) is 3. The molecule has 0 bridgehead atoms. The lowest BCUT2D eigenvalue weighted by molar-refractivity contribution is -0.121. The summed E-state index contributed by atoms with van der Waals surface area (Å²) in [7, 11) is 0. The second-order valence-corrected chi connectivity index (χ2v) is 6.52. The molecule has 0 radical (unpaired) electrons. The molecule has 2 aromatic rings. The summed E-state index contributed by atoms with van der Waals surface area (Å²) in [5, 5.41) is 27.2. The third kappa shape index (κ3) is 9.28. The zero-order valence-electron chi connectivity index (χ0n) is 17.2. The summed E-state index contributed by atoms with van der Waals surface area (Å²) in [6, 6.07) is 14.1. The fraction of sp³-hybridized carbons (Fsp3) is 0.318. The maximum Gasteiger partial charge on any atom is 0.271 e. The topological polar surface area (TPSA) is 132 Å². The number of aliphatic hydroxyl groups is 2. The van der Waals surface area contributed by atoms with Crippen molar-refractivity contribution in [1.82, 2.24) is 10.7 Å². The van der Waals surface area contributed by atoms with Gasteiger partial charge in [-0.15, -0.1) is 0 Å². The van der Waals surface area contributed by atoms with E-state index in [1.165, 1.54) is 6.21 Å². The first-order valence-corrected chi connectivity index (χ1v) is 10.0. The van der Waals surface area contributed by atoms with Crippen LogP contribution in [-0.2, 0) is 4.79 Å². The number of carbonyl (C=O) groups excluding carboxylic acids is 2. The number of ether oxygens (including phenoxy) is 1. The first-order chi connectivity index (χ1) is 15.1. The molecule has 2 amide bonds. The van der Waals surface area contributed by atoms with E-state index < -0.39 is 0 Å². The van der Waals surface area contributed by atoms with Gasteiger partial charge in [-0.05, 0) is 48.4 Å². The predicted octanol–water partition coefficient (Wildman–Crippen LogP) is 1.12. The molecule has 0 heterocycles. The van der Waals surface area contributed by atoms with Crippen molar-refractivity contribution in [2.24, 2.45) is 5.10 Å². The van der Waals surface area contributed by atoms with Crippen molar-refractivity contribution >= 4 is 23.7 Å². The van der Waals surface area contributed by atoms with Crippen LogP contribution in [-0.4, -0.2) is 61.2 Å². The standard InChI is InChI=1S/C22H28N4O5/c27-12-11-24-21(29)5-2-10-23-19-8-6-18(7-9-19)22(30)26-25-16-17-3-1-4-20(15-17)31-14-13-28/h1,3-4,6-9,15-16,23,27-28H,2,5,10-14H2,(H,24,29)(H,26,30). The van der Waals surface area contributed by atoms with Crippen LogP contribution in [0.4, 0.5) is 5.69 Å². The minimum Gasteiger partial charge on any atom is -0.491 e. The number of carbonyl (C=O) groups is 2. The third-order valence-corrected chi connectivity index (χ3v) is 4.09. The normalized spacial score (nSPS) is 10.6. The molecule has 0 unspecified atom stereocenters. The highest BCUT2D eigenvalue weighted by Crippen LogP contribution is 2.12. The van der Waals surface area contributed by atoms with Crippen molar-refractivity contribution in [1.29, 1.82) is 0 Å². The molecule has 9 heteroatoms. The van der Waals surface area contributed by atoms with E-state index in [2.05, 4.69) is 21.2 Å². The average Bonchev–Trinajstić information content (AvgIpc) is 2.79. The van der Waals surface area contributed by atoms with Crippen molar-refractivity contribution in [2.75, 3.05) is 38.2 Å².